The van der Waals surface area contributed by atoms with Gasteiger partial charge in [-0.05, 0) is 48.1 Å². The van der Waals surface area contributed by atoms with Crippen LogP contribution >= 0.6 is 23.2 Å². The van der Waals surface area contributed by atoms with Gasteiger partial charge in [-0.2, -0.15) is 0 Å². The molecule has 198 valence electrons. The van der Waals surface area contributed by atoms with Crippen LogP contribution in [0.3, 0.4) is 0 Å². The Morgan fingerprint density at radius 3 is 2.25 bits per heavy atom. The minimum absolute atomic E-state index is 0.0233. The van der Waals surface area contributed by atoms with Crippen LogP contribution in [-0.2, 0) is 32.6 Å². The van der Waals surface area contributed by atoms with Gasteiger partial charge in [0.05, 0.1) is 11.9 Å². The number of nitrogens with one attached hydrogen (secondary N) is 1. The zero-order chi connectivity index (χ0) is 27.0. The number of hydrogen-bond acceptors (Lipinski definition) is 4. The second kappa shape index (κ2) is 13.3. The number of aryl methyl sites for hydroxylation is 1. The van der Waals surface area contributed by atoms with Gasteiger partial charge in [0.25, 0.3) is 0 Å². The summed E-state index contributed by atoms with van der Waals surface area (Å²) in [6.45, 7) is 7.72. The third kappa shape index (κ3) is 8.11. The molecule has 0 fully saturated rings. The van der Waals surface area contributed by atoms with E-state index in [0.717, 1.165) is 16.1 Å². The number of sulfonamides is 1. The lowest BCUT2D eigenvalue weighted by Crippen LogP contribution is -2.52. The summed E-state index contributed by atoms with van der Waals surface area (Å²) >= 11 is 12.4. The average molecular weight is 557 g/mol. The third-order valence-electron chi connectivity index (χ3n) is 5.75. The molecule has 0 aliphatic heterocycles. The van der Waals surface area contributed by atoms with Crippen molar-refractivity contribution in [1.82, 2.24) is 10.2 Å². The van der Waals surface area contributed by atoms with Crippen LogP contribution < -0.4 is 9.62 Å². The van der Waals surface area contributed by atoms with Crippen LogP contribution in [0.5, 0.6) is 0 Å². The molecule has 2 rings (SSSR count). The van der Waals surface area contributed by atoms with Gasteiger partial charge >= 0.3 is 0 Å². The first-order valence-electron chi connectivity index (χ1n) is 12.0. The van der Waals surface area contributed by atoms with E-state index in [-0.39, 0.29) is 18.4 Å². The van der Waals surface area contributed by atoms with E-state index in [1.54, 1.807) is 30.3 Å². The van der Waals surface area contributed by atoms with E-state index in [1.165, 1.54) is 4.90 Å². The molecular weight excluding hydrogens is 521 g/mol. The summed E-state index contributed by atoms with van der Waals surface area (Å²) in [5.41, 5.74) is 1.84. The molecule has 0 aromatic heterocycles. The lowest BCUT2D eigenvalue weighted by Gasteiger charge is -2.33. The molecule has 1 N–H and O–H groups in total. The SMILES string of the molecule is CCc1ccccc1N(CC(=O)N(Cc1ccc(Cl)cc1Cl)[C@@H](CC)C(=O)NCC(C)C)S(C)(=O)=O. The topological polar surface area (TPSA) is 86.8 Å². The lowest BCUT2D eigenvalue weighted by atomic mass is 10.1. The van der Waals surface area contributed by atoms with Crippen molar-refractivity contribution in [1.29, 1.82) is 0 Å². The van der Waals surface area contributed by atoms with E-state index in [2.05, 4.69) is 5.32 Å². The first kappa shape index (κ1) is 29.9. The van der Waals surface area contributed by atoms with Gasteiger partial charge in [0.2, 0.25) is 21.8 Å². The van der Waals surface area contributed by atoms with Crippen LogP contribution in [0.1, 0.15) is 45.2 Å². The van der Waals surface area contributed by atoms with Gasteiger partial charge in [0.15, 0.2) is 0 Å². The number of halogens is 2. The molecule has 0 spiro atoms. The van der Waals surface area contributed by atoms with E-state index in [9.17, 15) is 18.0 Å². The Kier molecular flexibility index (Phi) is 11.1. The van der Waals surface area contributed by atoms with Crippen molar-refractivity contribution < 1.29 is 18.0 Å². The monoisotopic (exact) mass is 555 g/mol. The predicted octanol–water partition coefficient (Wildman–Crippen LogP) is 4.90. The van der Waals surface area contributed by atoms with Crippen molar-refractivity contribution in [3.63, 3.8) is 0 Å². The summed E-state index contributed by atoms with van der Waals surface area (Å²) < 4.78 is 26.7. The fraction of sp³-hybridized carbons (Fsp3) is 0.462. The Labute approximate surface area is 224 Å². The van der Waals surface area contributed by atoms with Crippen molar-refractivity contribution >= 4 is 50.7 Å². The molecule has 2 aromatic rings. The number of hydrogen-bond donors (Lipinski definition) is 1. The molecule has 2 aromatic carbocycles. The van der Waals surface area contributed by atoms with E-state index in [1.807, 2.05) is 39.8 Å². The molecule has 7 nitrogen and oxygen atoms in total. The minimum atomic E-state index is -3.80. The van der Waals surface area contributed by atoms with Crippen LogP contribution in [0.25, 0.3) is 0 Å². The van der Waals surface area contributed by atoms with Gasteiger partial charge in [0, 0.05) is 23.1 Å². The number of rotatable bonds is 12. The van der Waals surface area contributed by atoms with E-state index < -0.39 is 28.5 Å². The molecule has 0 bridgehead atoms. The highest BCUT2D eigenvalue weighted by Crippen LogP contribution is 2.26. The summed E-state index contributed by atoms with van der Waals surface area (Å²) in [6, 6.07) is 11.2. The molecule has 0 aliphatic rings. The van der Waals surface area contributed by atoms with Gasteiger partial charge in [-0.1, -0.05) is 75.2 Å². The lowest BCUT2D eigenvalue weighted by molar-refractivity contribution is -0.140. The summed E-state index contributed by atoms with van der Waals surface area (Å²) in [6.07, 6.45) is 2.00. The van der Waals surface area contributed by atoms with Crippen LogP contribution in [-0.4, -0.2) is 50.5 Å². The van der Waals surface area contributed by atoms with Gasteiger partial charge in [-0.3, -0.25) is 13.9 Å². The van der Waals surface area contributed by atoms with Crippen LogP contribution in [0.15, 0.2) is 42.5 Å². The van der Waals surface area contributed by atoms with Gasteiger partial charge in [-0.25, -0.2) is 8.42 Å². The Bertz CT molecular complexity index is 1170. The normalized spacial score (nSPS) is 12.3. The number of benzene rings is 2. The Balaban J connectivity index is 2.49. The molecule has 0 saturated heterocycles. The maximum absolute atomic E-state index is 13.8. The molecule has 1 atom stereocenters. The van der Waals surface area contributed by atoms with Crippen molar-refractivity contribution in [3.05, 3.63) is 63.6 Å². The molecule has 0 unspecified atom stereocenters. The van der Waals surface area contributed by atoms with Gasteiger partial charge in [0.1, 0.15) is 12.6 Å². The molecule has 36 heavy (non-hydrogen) atoms. The second-order valence-corrected chi connectivity index (χ2v) is 11.8. The van der Waals surface area contributed by atoms with Crippen LogP contribution in [0, 0.1) is 5.92 Å². The average Bonchev–Trinajstić information content (AvgIpc) is 2.81. The number of nitrogens with zero attached hydrogens (tertiary/aromatic N) is 2. The highest BCUT2D eigenvalue weighted by molar-refractivity contribution is 7.92. The second-order valence-electron chi connectivity index (χ2n) is 9.07. The molecular formula is C26H35Cl2N3O4S. The Morgan fingerprint density at radius 1 is 1.03 bits per heavy atom. The molecule has 10 heteroatoms. The Hall–Kier alpha value is -2.29. The number of carbonyl (C=O) groups excluding carboxylic acids is 2. The zero-order valence-electron chi connectivity index (χ0n) is 21.4. The minimum Gasteiger partial charge on any atom is -0.354 e. The molecule has 0 radical (unpaired) electrons. The summed E-state index contributed by atoms with van der Waals surface area (Å²) in [7, 11) is -3.80. The Morgan fingerprint density at radius 2 is 1.69 bits per heavy atom. The maximum Gasteiger partial charge on any atom is 0.244 e. The van der Waals surface area contributed by atoms with Gasteiger partial charge in [-0.15, -0.1) is 0 Å². The van der Waals surface area contributed by atoms with E-state index >= 15 is 0 Å². The first-order valence-corrected chi connectivity index (χ1v) is 14.6. The smallest absolute Gasteiger partial charge is 0.244 e. The number of carbonyl (C=O) groups is 2. The van der Waals surface area contributed by atoms with E-state index in [4.69, 9.17) is 23.2 Å². The molecule has 0 heterocycles. The maximum atomic E-state index is 13.8. The van der Waals surface area contributed by atoms with E-state index in [0.29, 0.717) is 40.7 Å². The largest absolute Gasteiger partial charge is 0.354 e. The van der Waals surface area contributed by atoms with Crippen LogP contribution in [0.4, 0.5) is 5.69 Å². The first-order chi connectivity index (χ1) is 16.9. The molecule has 2 amide bonds. The fourth-order valence-corrected chi connectivity index (χ4v) is 5.17. The van der Waals surface area contributed by atoms with Crippen molar-refractivity contribution in [3.8, 4) is 0 Å². The quantitative estimate of drug-likeness (QED) is 0.403. The molecule has 0 aliphatic carbocycles. The van der Waals surface area contributed by atoms with Crippen molar-refractivity contribution in [2.24, 2.45) is 5.92 Å². The zero-order valence-corrected chi connectivity index (χ0v) is 23.8. The highest BCUT2D eigenvalue weighted by atomic mass is 35.5. The van der Waals surface area contributed by atoms with Gasteiger partial charge < -0.3 is 10.2 Å². The standard InChI is InChI=1S/C26H35Cl2N3O4S/c1-6-19-10-8-9-11-24(19)31(36(5,34)35)17-25(32)30(16-20-12-13-21(27)14-22(20)28)23(7-2)26(33)29-15-18(3)4/h8-14,18,23H,6-7,15-17H2,1-5H3,(H,29,33)/t23-/m0/s1. The number of anilines is 1. The molecule has 0 saturated carbocycles. The summed E-state index contributed by atoms with van der Waals surface area (Å²) in [4.78, 5) is 28.3. The van der Waals surface area contributed by atoms with Crippen molar-refractivity contribution in [2.75, 3.05) is 23.7 Å². The third-order valence-corrected chi connectivity index (χ3v) is 7.46. The van der Waals surface area contributed by atoms with Crippen LogP contribution in [0.2, 0.25) is 10.0 Å². The number of para-hydroxylation sites is 1. The predicted molar refractivity (Wildman–Crippen MR) is 147 cm³/mol. The summed E-state index contributed by atoms with van der Waals surface area (Å²) in [5.74, 6) is -0.582. The van der Waals surface area contributed by atoms with Crippen molar-refractivity contribution in [2.45, 2.75) is 53.1 Å². The highest BCUT2D eigenvalue weighted by Gasteiger charge is 2.32. The fourth-order valence-electron chi connectivity index (χ4n) is 3.82. The number of amides is 2. The summed E-state index contributed by atoms with van der Waals surface area (Å²) in [5, 5.41) is 3.70.